The SMILES string of the molecule is CC(=O)N1CCN(c2ccc(C(=O)Nc3ccc(Cl)c(Nc4cccc(Cl)c4)c3)cn2)CC1. The number of carbonyl (C=O) groups is 2. The van der Waals surface area contributed by atoms with Gasteiger partial charge in [0, 0.05) is 55.7 Å². The largest absolute Gasteiger partial charge is 0.354 e. The van der Waals surface area contributed by atoms with Gasteiger partial charge in [0.2, 0.25) is 5.91 Å². The Morgan fingerprint density at radius 3 is 2.39 bits per heavy atom. The Morgan fingerprint density at radius 1 is 0.939 bits per heavy atom. The van der Waals surface area contributed by atoms with E-state index >= 15 is 0 Å². The zero-order chi connectivity index (χ0) is 23.4. The Kier molecular flexibility index (Phi) is 7.01. The summed E-state index contributed by atoms with van der Waals surface area (Å²) in [5.41, 5.74) is 2.48. The Bertz CT molecular complexity index is 1160. The third kappa shape index (κ3) is 5.74. The number of hydrogen-bond donors (Lipinski definition) is 2. The van der Waals surface area contributed by atoms with Gasteiger partial charge in [-0.2, -0.15) is 0 Å². The van der Waals surface area contributed by atoms with Crippen molar-refractivity contribution in [2.75, 3.05) is 41.7 Å². The molecule has 2 heterocycles. The second-order valence-corrected chi connectivity index (χ2v) is 8.53. The van der Waals surface area contributed by atoms with Crippen LogP contribution in [0.5, 0.6) is 0 Å². The van der Waals surface area contributed by atoms with Gasteiger partial charge in [-0.1, -0.05) is 29.3 Å². The molecule has 0 atom stereocenters. The maximum atomic E-state index is 12.7. The first-order chi connectivity index (χ1) is 15.9. The maximum absolute atomic E-state index is 12.7. The van der Waals surface area contributed by atoms with Crippen molar-refractivity contribution in [2.24, 2.45) is 0 Å². The smallest absolute Gasteiger partial charge is 0.257 e. The molecule has 1 fully saturated rings. The highest BCUT2D eigenvalue weighted by Gasteiger charge is 2.19. The Morgan fingerprint density at radius 2 is 1.73 bits per heavy atom. The van der Waals surface area contributed by atoms with Gasteiger partial charge in [-0.05, 0) is 48.5 Å². The first-order valence-corrected chi connectivity index (χ1v) is 11.2. The highest BCUT2D eigenvalue weighted by atomic mass is 35.5. The molecule has 4 rings (SSSR count). The molecule has 1 aliphatic heterocycles. The van der Waals surface area contributed by atoms with E-state index in [0.717, 1.165) is 11.5 Å². The molecular formula is C24H23Cl2N5O2. The fourth-order valence-electron chi connectivity index (χ4n) is 3.58. The molecule has 0 unspecified atom stereocenters. The zero-order valence-corrected chi connectivity index (χ0v) is 19.5. The number of halogens is 2. The van der Waals surface area contributed by atoms with Crippen LogP contribution in [-0.2, 0) is 4.79 Å². The number of benzene rings is 2. The molecule has 1 saturated heterocycles. The van der Waals surface area contributed by atoms with Crippen molar-refractivity contribution < 1.29 is 9.59 Å². The molecule has 0 spiro atoms. The monoisotopic (exact) mass is 483 g/mol. The van der Waals surface area contributed by atoms with Gasteiger partial charge in [0.25, 0.3) is 5.91 Å². The van der Waals surface area contributed by atoms with E-state index < -0.39 is 0 Å². The summed E-state index contributed by atoms with van der Waals surface area (Å²) in [6.07, 6.45) is 1.56. The second-order valence-electron chi connectivity index (χ2n) is 7.68. The first-order valence-electron chi connectivity index (χ1n) is 10.5. The first kappa shape index (κ1) is 22.9. The van der Waals surface area contributed by atoms with E-state index in [1.807, 2.05) is 23.1 Å². The number of amides is 2. The average molecular weight is 484 g/mol. The van der Waals surface area contributed by atoms with E-state index in [9.17, 15) is 9.59 Å². The third-order valence-corrected chi connectivity index (χ3v) is 5.95. The van der Waals surface area contributed by atoms with Crippen LogP contribution in [0, 0.1) is 0 Å². The maximum Gasteiger partial charge on any atom is 0.257 e. The summed E-state index contributed by atoms with van der Waals surface area (Å²) >= 11 is 12.4. The minimum Gasteiger partial charge on any atom is -0.354 e. The van der Waals surface area contributed by atoms with E-state index in [0.29, 0.717) is 53.2 Å². The van der Waals surface area contributed by atoms with E-state index in [4.69, 9.17) is 23.2 Å². The van der Waals surface area contributed by atoms with Crippen LogP contribution in [-0.4, -0.2) is 47.9 Å². The lowest BCUT2D eigenvalue weighted by Gasteiger charge is -2.34. The average Bonchev–Trinajstić information content (AvgIpc) is 2.81. The topological polar surface area (TPSA) is 77.6 Å². The van der Waals surface area contributed by atoms with Crippen molar-refractivity contribution in [1.82, 2.24) is 9.88 Å². The lowest BCUT2D eigenvalue weighted by atomic mass is 10.2. The van der Waals surface area contributed by atoms with Crippen molar-refractivity contribution in [1.29, 1.82) is 0 Å². The molecule has 7 nitrogen and oxygen atoms in total. The Labute approximate surface area is 202 Å². The molecule has 2 aromatic carbocycles. The Hall–Kier alpha value is -3.29. The minimum atomic E-state index is -0.272. The molecule has 9 heteroatoms. The standard InChI is InChI=1S/C24H23Cl2N5O2/c1-16(32)30-9-11-31(12-10-30)23-8-5-17(15-27-23)24(33)29-20-6-7-21(26)22(14-20)28-19-4-2-3-18(25)13-19/h2-8,13-15,28H,9-12H2,1H3,(H,29,33). The number of rotatable bonds is 5. The molecule has 2 amide bonds. The Balaban J connectivity index is 1.40. The fraction of sp³-hybridized carbons (Fsp3) is 0.208. The van der Waals surface area contributed by atoms with Crippen LogP contribution in [0.3, 0.4) is 0 Å². The minimum absolute atomic E-state index is 0.0859. The number of nitrogens with zero attached hydrogens (tertiary/aromatic N) is 3. The van der Waals surface area contributed by atoms with Crippen LogP contribution < -0.4 is 15.5 Å². The number of carbonyl (C=O) groups excluding carboxylic acids is 2. The zero-order valence-electron chi connectivity index (χ0n) is 18.0. The van der Waals surface area contributed by atoms with Crippen LogP contribution in [0.2, 0.25) is 10.0 Å². The number of aromatic nitrogens is 1. The van der Waals surface area contributed by atoms with Crippen LogP contribution in [0.25, 0.3) is 0 Å². The predicted molar refractivity (Wildman–Crippen MR) is 133 cm³/mol. The van der Waals surface area contributed by atoms with Crippen molar-refractivity contribution in [2.45, 2.75) is 6.92 Å². The van der Waals surface area contributed by atoms with Crippen LogP contribution >= 0.6 is 23.2 Å². The lowest BCUT2D eigenvalue weighted by Crippen LogP contribution is -2.48. The molecule has 3 aromatic rings. The summed E-state index contributed by atoms with van der Waals surface area (Å²) in [6, 6.07) is 16.1. The van der Waals surface area contributed by atoms with Gasteiger partial charge in [0.15, 0.2) is 0 Å². The third-order valence-electron chi connectivity index (χ3n) is 5.39. The van der Waals surface area contributed by atoms with Crippen molar-refractivity contribution in [3.05, 3.63) is 76.4 Å². The molecule has 0 saturated carbocycles. The highest BCUT2D eigenvalue weighted by molar-refractivity contribution is 6.33. The van der Waals surface area contributed by atoms with Gasteiger partial charge in [-0.25, -0.2) is 4.98 Å². The molecule has 1 aliphatic rings. The molecule has 33 heavy (non-hydrogen) atoms. The molecular weight excluding hydrogens is 461 g/mol. The van der Waals surface area contributed by atoms with Gasteiger partial charge < -0.3 is 20.4 Å². The van der Waals surface area contributed by atoms with Gasteiger partial charge in [0.1, 0.15) is 5.82 Å². The number of anilines is 4. The van der Waals surface area contributed by atoms with Gasteiger partial charge >= 0.3 is 0 Å². The molecule has 170 valence electrons. The molecule has 2 N–H and O–H groups in total. The van der Waals surface area contributed by atoms with E-state index in [-0.39, 0.29) is 11.8 Å². The summed E-state index contributed by atoms with van der Waals surface area (Å²) in [5, 5.41) is 7.22. The van der Waals surface area contributed by atoms with Crippen LogP contribution in [0.15, 0.2) is 60.8 Å². The lowest BCUT2D eigenvalue weighted by molar-refractivity contribution is -0.129. The van der Waals surface area contributed by atoms with Crippen molar-refractivity contribution in [3.63, 3.8) is 0 Å². The number of nitrogens with one attached hydrogen (secondary N) is 2. The number of hydrogen-bond acceptors (Lipinski definition) is 5. The summed E-state index contributed by atoms with van der Waals surface area (Å²) in [6.45, 7) is 4.34. The summed E-state index contributed by atoms with van der Waals surface area (Å²) in [5.74, 6) is 0.600. The molecule has 0 radical (unpaired) electrons. The van der Waals surface area contributed by atoms with Crippen LogP contribution in [0.1, 0.15) is 17.3 Å². The summed E-state index contributed by atoms with van der Waals surface area (Å²) in [7, 11) is 0. The fourth-order valence-corrected chi connectivity index (χ4v) is 3.94. The molecule has 0 bridgehead atoms. The number of pyridine rings is 1. The van der Waals surface area contributed by atoms with Gasteiger partial charge in [0.05, 0.1) is 16.3 Å². The van der Waals surface area contributed by atoms with Crippen LogP contribution in [0.4, 0.5) is 22.9 Å². The highest BCUT2D eigenvalue weighted by Crippen LogP contribution is 2.29. The molecule has 0 aliphatic carbocycles. The normalized spacial score (nSPS) is 13.5. The van der Waals surface area contributed by atoms with E-state index in [1.54, 1.807) is 49.5 Å². The second kappa shape index (κ2) is 10.1. The summed E-state index contributed by atoms with van der Waals surface area (Å²) < 4.78 is 0. The van der Waals surface area contributed by atoms with E-state index in [2.05, 4.69) is 20.5 Å². The van der Waals surface area contributed by atoms with Crippen molar-refractivity contribution in [3.8, 4) is 0 Å². The summed E-state index contributed by atoms with van der Waals surface area (Å²) in [4.78, 5) is 32.6. The number of piperazine rings is 1. The van der Waals surface area contributed by atoms with Crippen molar-refractivity contribution >= 4 is 57.9 Å². The predicted octanol–water partition coefficient (Wildman–Crippen LogP) is 5.05. The van der Waals surface area contributed by atoms with E-state index in [1.165, 1.54) is 0 Å². The van der Waals surface area contributed by atoms with Gasteiger partial charge in [-0.15, -0.1) is 0 Å². The van der Waals surface area contributed by atoms with Gasteiger partial charge in [-0.3, -0.25) is 9.59 Å². The molecule has 1 aromatic heterocycles. The quantitative estimate of drug-likeness (QED) is 0.530.